The quantitative estimate of drug-likeness (QED) is 0.772. The van der Waals surface area contributed by atoms with Crippen LogP contribution in [0.1, 0.15) is 32.6 Å². The molecule has 4 nitrogen and oxygen atoms in total. The maximum absolute atomic E-state index is 4.50. The molecule has 1 saturated heterocycles. The van der Waals surface area contributed by atoms with Crippen molar-refractivity contribution in [2.75, 3.05) is 39.3 Å². The van der Waals surface area contributed by atoms with Crippen LogP contribution in [-0.4, -0.2) is 50.1 Å². The minimum absolute atomic E-state index is 0.872. The third-order valence-electron chi connectivity index (χ3n) is 3.61. The van der Waals surface area contributed by atoms with E-state index < -0.39 is 0 Å². The molecule has 1 atom stereocenters. The van der Waals surface area contributed by atoms with Crippen molar-refractivity contribution in [2.45, 2.75) is 32.6 Å². The van der Waals surface area contributed by atoms with Gasteiger partial charge >= 0.3 is 0 Å². The Morgan fingerprint density at radius 2 is 2.35 bits per heavy atom. The number of aliphatic imine (C=N–C) groups is 1. The fourth-order valence-electron chi connectivity index (χ4n) is 2.63. The molecule has 0 aliphatic carbocycles. The van der Waals surface area contributed by atoms with Gasteiger partial charge in [0.1, 0.15) is 0 Å². The Hall–Kier alpha value is -0.770. The predicted molar refractivity (Wildman–Crippen MR) is 72.4 cm³/mol. The molecule has 4 heteroatoms. The summed E-state index contributed by atoms with van der Waals surface area (Å²) >= 11 is 0. The highest BCUT2D eigenvalue weighted by molar-refractivity contribution is 5.79. The van der Waals surface area contributed by atoms with Crippen LogP contribution in [0.2, 0.25) is 0 Å². The van der Waals surface area contributed by atoms with E-state index in [9.17, 15) is 0 Å². The Morgan fingerprint density at radius 3 is 3.24 bits per heavy atom. The first kappa shape index (κ1) is 12.7. The minimum Gasteiger partial charge on any atom is -0.356 e. The van der Waals surface area contributed by atoms with Crippen LogP contribution < -0.4 is 10.6 Å². The number of nitrogens with zero attached hydrogens (tertiary/aromatic N) is 2. The van der Waals surface area contributed by atoms with Gasteiger partial charge in [-0.1, -0.05) is 6.92 Å². The first-order valence-corrected chi connectivity index (χ1v) is 7.09. The fraction of sp³-hybridized carbons (Fsp3) is 0.923. The Labute approximate surface area is 105 Å². The summed E-state index contributed by atoms with van der Waals surface area (Å²) in [4.78, 5) is 7.06. The van der Waals surface area contributed by atoms with Crippen molar-refractivity contribution in [3.63, 3.8) is 0 Å². The van der Waals surface area contributed by atoms with Gasteiger partial charge in [-0.25, -0.2) is 0 Å². The highest BCUT2D eigenvalue weighted by Crippen LogP contribution is 2.14. The van der Waals surface area contributed by atoms with E-state index in [1.807, 2.05) is 0 Å². The topological polar surface area (TPSA) is 39.7 Å². The molecule has 0 bridgehead atoms. The van der Waals surface area contributed by atoms with Crippen molar-refractivity contribution in [3.8, 4) is 0 Å². The lowest BCUT2D eigenvalue weighted by molar-refractivity contribution is 0.187. The minimum atomic E-state index is 0.872. The first-order valence-electron chi connectivity index (χ1n) is 7.09. The Kier molecular flexibility index (Phi) is 5.10. The van der Waals surface area contributed by atoms with Gasteiger partial charge in [0, 0.05) is 32.7 Å². The summed E-state index contributed by atoms with van der Waals surface area (Å²) < 4.78 is 0. The maximum Gasteiger partial charge on any atom is 0.191 e. The molecule has 0 aromatic carbocycles. The summed E-state index contributed by atoms with van der Waals surface area (Å²) in [7, 11) is 0. The van der Waals surface area contributed by atoms with E-state index in [4.69, 9.17) is 0 Å². The largest absolute Gasteiger partial charge is 0.356 e. The van der Waals surface area contributed by atoms with Gasteiger partial charge < -0.3 is 15.5 Å². The van der Waals surface area contributed by atoms with Gasteiger partial charge in [0.2, 0.25) is 0 Å². The van der Waals surface area contributed by atoms with Gasteiger partial charge in [0.05, 0.1) is 0 Å². The third-order valence-corrected chi connectivity index (χ3v) is 3.61. The average Bonchev–Trinajstić information content (AvgIpc) is 2.58. The number of rotatable bonds is 3. The molecular formula is C13H26N4. The molecule has 2 rings (SSSR count). The Balaban J connectivity index is 1.63. The van der Waals surface area contributed by atoms with E-state index in [1.54, 1.807) is 0 Å². The Bertz CT molecular complexity index is 252. The van der Waals surface area contributed by atoms with Crippen LogP contribution in [0.5, 0.6) is 0 Å². The zero-order chi connectivity index (χ0) is 11.9. The van der Waals surface area contributed by atoms with E-state index in [0.29, 0.717) is 0 Å². The zero-order valence-electron chi connectivity index (χ0n) is 11.0. The number of hydrogen-bond donors (Lipinski definition) is 2. The van der Waals surface area contributed by atoms with Gasteiger partial charge in [0.25, 0.3) is 0 Å². The number of piperidine rings is 1. The summed E-state index contributed by atoms with van der Waals surface area (Å²) in [5.74, 6) is 1.88. The maximum atomic E-state index is 4.50. The van der Waals surface area contributed by atoms with Gasteiger partial charge in [-0.2, -0.15) is 0 Å². The number of likely N-dealkylation sites (tertiary alicyclic amines) is 1. The van der Waals surface area contributed by atoms with Crippen molar-refractivity contribution < 1.29 is 0 Å². The zero-order valence-corrected chi connectivity index (χ0v) is 11.0. The van der Waals surface area contributed by atoms with Crippen LogP contribution in [0, 0.1) is 5.92 Å². The average molecular weight is 238 g/mol. The van der Waals surface area contributed by atoms with Crippen LogP contribution in [0.15, 0.2) is 4.99 Å². The van der Waals surface area contributed by atoms with Crippen LogP contribution >= 0.6 is 0 Å². The van der Waals surface area contributed by atoms with E-state index >= 15 is 0 Å². The van der Waals surface area contributed by atoms with Crippen molar-refractivity contribution in [1.29, 1.82) is 0 Å². The van der Waals surface area contributed by atoms with Gasteiger partial charge in [0.15, 0.2) is 5.96 Å². The second kappa shape index (κ2) is 6.84. The molecule has 0 saturated carbocycles. The van der Waals surface area contributed by atoms with Crippen LogP contribution in [0.3, 0.4) is 0 Å². The van der Waals surface area contributed by atoms with Crippen molar-refractivity contribution >= 4 is 5.96 Å². The summed E-state index contributed by atoms with van der Waals surface area (Å²) in [6, 6.07) is 0. The molecular weight excluding hydrogens is 212 g/mol. The molecule has 0 amide bonds. The molecule has 1 fully saturated rings. The summed E-state index contributed by atoms with van der Waals surface area (Å²) in [5.41, 5.74) is 0. The molecule has 0 spiro atoms. The number of guanidine groups is 1. The monoisotopic (exact) mass is 238 g/mol. The normalized spacial score (nSPS) is 26.9. The predicted octanol–water partition coefficient (Wildman–Crippen LogP) is 1.05. The van der Waals surface area contributed by atoms with Crippen LogP contribution in [0.4, 0.5) is 0 Å². The van der Waals surface area contributed by atoms with E-state index in [-0.39, 0.29) is 0 Å². The SMILES string of the molecule is C[C@@H]1CCCN(CCNC2=NCCCCN2)C1. The van der Waals surface area contributed by atoms with Crippen LogP contribution in [0.25, 0.3) is 0 Å². The smallest absolute Gasteiger partial charge is 0.191 e. The molecule has 17 heavy (non-hydrogen) atoms. The van der Waals surface area contributed by atoms with Crippen molar-refractivity contribution in [2.24, 2.45) is 10.9 Å². The lowest BCUT2D eigenvalue weighted by atomic mass is 10.0. The molecule has 2 aliphatic heterocycles. The highest BCUT2D eigenvalue weighted by Gasteiger charge is 2.15. The van der Waals surface area contributed by atoms with Crippen molar-refractivity contribution in [3.05, 3.63) is 0 Å². The number of nitrogens with one attached hydrogen (secondary N) is 2. The van der Waals surface area contributed by atoms with Gasteiger partial charge in [-0.05, 0) is 38.1 Å². The summed E-state index contributed by atoms with van der Waals surface area (Å²) in [6.07, 6.45) is 5.21. The summed E-state index contributed by atoms with van der Waals surface area (Å²) in [6.45, 7) is 9.08. The van der Waals surface area contributed by atoms with Gasteiger partial charge in [-0.3, -0.25) is 4.99 Å². The molecule has 2 heterocycles. The second-order valence-electron chi connectivity index (χ2n) is 5.34. The number of hydrogen-bond acceptors (Lipinski definition) is 4. The molecule has 98 valence electrons. The standard InChI is InChI=1S/C13H26N4/c1-12-5-4-9-17(11-12)10-8-16-13-14-6-2-3-7-15-13/h12H,2-11H2,1H3,(H2,14,15,16)/t12-/m1/s1. The molecule has 0 unspecified atom stereocenters. The molecule has 2 N–H and O–H groups in total. The van der Waals surface area contributed by atoms with Crippen LogP contribution in [-0.2, 0) is 0 Å². The van der Waals surface area contributed by atoms with E-state index in [0.717, 1.165) is 38.1 Å². The summed E-state index contributed by atoms with van der Waals surface area (Å²) in [5, 5.41) is 6.77. The first-order chi connectivity index (χ1) is 8.34. The molecule has 0 aromatic heterocycles. The van der Waals surface area contributed by atoms with E-state index in [1.165, 1.54) is 38.8 Å². The fourth-order valence-corrected chi connectivity index (χ4v) is 2.63. The lowest BCUT2D eigenvalue weighted by Crippen LogP contribution is -2.43. The van der Waals surface area contributed by atoms with Crippen molar-refractivity contribution in [1.82, 2.24) is 15.5 Å². The molecule has 2 aliphatic rings. The second-order valence-corrected chi connectivity index (χ2v) is 5.34. The van der Waals surface area contributed by atoms with Gasteiger partial charge in [-0.15, -0.1) is 0 Å². The third kappa shape index (κ3) is 4.54. The molecule has 0 radical (unpaired) electrons. The Morgan fingerprint density at radius 1 is 1.41 bits per heavy atom. The van der Waals surface area contributed by atoms with E-state index in [2.05, 4.69) is 27.4 Å². The lowest BCUT2D eigenvalue weighted by Gasteiger charge is -2.30. The highest BCUT2D eigenvalue weighted by atomic mass is 15.2. The molecule has 0 aromatic rings.